The van der Waals surface area contributed by atoms with Gasteiger partial charge in [0.1, 0.15) is 6.54 Å². The van der Waals surface area contributed by atoms with E-state index >= 15 is 0 Å². The predicted molar refractivity (Wildman–Crippen MR) is 148 cm³/mol. The first-order chi connectivity index (χ1) is 18.9. The number of hydrogen-bond donors (Lipinski definition) is 3. The zero-order valence-electron chi connectivity index (χ0n) is 21.8. The van der Waals surface area contributed by atoms with E-state index in [1.807, 2.05) is 49.4 Å². The summed E-state index contributed by atoms with van der Waals surface area (Å²) in [5.41, 5.74) is 3.39. The van der Waals surface area contributed by atoms with E-state index in [1.54, 1.807) is 12.3 Å². The lowest BCUT2D eigenvalue weighted by Gasteiger charge is -2.25. The Bertz CT molecular complexity index is 1330. The van der Waals surface area contributed by atoms with Gasteiger partial charge in [-0.2, -0.15) is 0 Å². The Morgan fingerprint density at radius 3 is 2.72 bits per heavy atom. The van der Waals surface area contributed by atoms with Gasteiger partial charge in [0.05, 0.1) is 29.1 Å². The average molecular weight is 550 g/mol. The molecule has 2 unspecified atom stereocenters. The van der Waals surface area contributed by atoms with Crippen LogP contribution in [0.4, 0.5) is 5.95 Å². The van der Waals surface area contributed by atoms with Crippen LogP contribution in [0.1, 0.15) is 53.7 Å². The zero-order valence-corrected chi connectivity index (χ0v) is 22.5. The molecule has 0 aliphatic carbocycles. The third-order valence-electron chi connectivity index (χ3n) is 7.17. The number of benzene rings is 2. The van der Waals surface area contributed by atoms with Crippen LogP contribution in [0.15, 0.2) is 54.7 Å². The second-order valence-corrected chi connectivity index (χ2v) is 10.3. The van der Waals surface area contributed by atoms with Crippen molar-refractivity contribution in [1.82, 2.24) is 20.2 Å². The molecular weight excluding hydrogens is 518 g/mol. The third kappa shape index (κ3) is 6.21. The molecule has 1 aromatic heterocycles. The minimum atomic E-state index is -0.742. The first-order valence-corrected chi connectivity index (χ1v) is 13.6. The molecule has 1 fully saturated rings. The van der Waals surface area contributed by atoms with Crippen molar-refractivity contribution in [2.75, 3.05) is 25.1 Å². The highest BCUT2D eigenvalue weighted by atomic mass is 35.5. The number of aliphatic hydroxyl groups is 1. The van der Waals surface area contributed by atoms with Gasteiger partial charge in [-0.3, -0.25) is 9.59 Å². The maximum Gasteiger partial charge on any atom is 0.254 e. The molecule has 2 atom stereocenters. The minimum Gasteiger partial charge on any atom is -0.391 e. The van der Waals surface area contributed by atoms with Gasteiger partial charge in [0, 0.05) is 36.9 Å². The monoisotopic (exact) mass is 549 g/mol. The SMILES string of the molecule is CCC(O)C(NC(=O)CN1Cc2ccc(-c3nc(NC4CCOCC4)ncc3Cl)cc2C1=O)c1ccccc1. The Kier molecular flexibility index (Phi) is 8.40. The van der Waals surface area contributed by atoms with Crippen molar-refractivity contribution in [3.8, 4) is 11.3 Å². The highest BCUT2D eigenvalue weighted by molar-refractivity contribution is 6.33. The molecule has 0 spiro atoms. The molecule has 5 rings (SSSR count). The molecule has 0 saturated carbocycles. The van der Waals surface area contributed by atoms with Crippen molar-refractivity contribution < 1.29 is 19.4 Å². The molecule has 10 heteroatoms. The lowest BCUT2D eigenvalue weighted by molar-refractivity contribution is -0.123. The molecule has 1 saturated heterocycles. The summed E-state index contributed by atoms with van der Waals surface area (Å²) in [6, 6.07) is 14.5. The molecule has 39 heavy (non-hydrogen) atoms. The second-order valence-electron chi connectivity index (χ2n) is 9.89. The topological polar surface area (TPSA) is 117 Å². The van der Waals surface area contributed by atoms with Crippen molar-refractivity contribution in [3.63, 3.8) is 0 Å². The standard InChI is InChI=1S/C29H32ClN5O4/c1-2-24(36)27(18-6-4-3-5-7-18)33-25(37)17-35-16-20-9-8-19(14-22(20)28(35)38)26-23(30)15-31-29(34-26)32-21-10-12-39-13-11-21/h3-9,14-15,21,24,27,36H,2,10-13,16-17H2,1H3,(H,33,37)(H,31,32,34). The van der Waals surface area contributed by atoms with Crippen LogP contribution in [0.3, 0.4) is 0 Å². The van der Waals surface area contributed by atoms with Crippen molar-refractivity contribution in [2.45, 2.75) is 50.9 Å². The molecule has 3 aromatic rings. The van der Waals surface area contributed by atoms with Gasteiger partial charge >= 0.3 is 0 Å². The van der Waals surface area contributed by atoms with Crippen LogP contribution in [0.5, 0.6) is 0 Å². The molecule has 3 N–H and O–H groups in total. The van der Waals surface area contributed by atoms with Crippen molar-refractivity contribution >= 4 is 29.4 Å². The van der Waals surface area contributed by atoms with Crippen LogP contribution < -0.4 is 10.6 Å². The van der Waals surface area contributed by atoms with E-state index in [1.165, 1.54) is 4.90 Å². The van der Waals surface area contributed by atoms with Gasteiger partial charge in [0.2, 0.25) is 11.9 Å². The third-order valence-corrected chi connectivity index (χ3v) is 7.45. The van der Waals surface area contributed by atoms with Crippen LogP contribution >= 0.6 is 11.6 Å². The lowest BCUT2D eigenvalue weighted by Crippen LogP contribution is -2.42. The van der Waals surface area contributed by atoms with Gasteiger partial charge in [-0.1, -0.05) is 61.0 Å². The molecule has 3 heterocycles. The van der Waals surface area contributed by atoms with Crippen LogP contribution in [0, 0.1) is 0 Å². The fourth-order valence-corrected chi connectivity index (χ4v) is 5.19. The predicted octanol–water partition coefficient (Wildman–Crippen LogP) is 3.97. The average Bonchev–Trinajstić information content (AvgIpc) is 3.27. The van der Waals surface area contributed by atoms with Crippen molar-refractivity contribution in [2.24, 2.45) is 0 Å². The van der Waals surface area contributed by atoms with Gasteiger partial charge < -0.3 is 25.4 Å². The van der Waals surface area contributed by atoms with Gasteiger partial charge in [-0.25, -0.2) is 9.97 Å². The molecule has 0 radical (unpaired) electrons. The molecule has 0 bridgehead atoms. The number of fused-ring (bicyclic) bond motifs is 1. The second kappa shape index (κ2) is 12.1. The molecule has 2 aliphatic rings. The highest BCUT2D eigenvalue weighted by Gasteiger charge is 2.31. The number of rotatable bonds is 9. The normalized spacial score (nSPS) is 17.0. The minimum absolute atomic E-state index is 0.115. The highest BCUT2D eigenvalue weighted by Crippen LogP contribution is 2.32. The molecule has 9 nitrogen and oxygen atoms in total. The number of halogens is 1. The summed E-state index contributed by atoms with van der Waals surface area (Å²) < 4.78 is 5.42. The van der Waals surface area contributed by atoms with Crippen LogP contribution in [-0.2, 0) is 16.1 Å². The first-order valence-electron chi connectivity index (χ1n) is 13.2. The summed E-state index contributed by atoms with van der Waals surface area (Å²) in [6.07, 6.45) is 3.05. The molecule has 2 amide bonds. The van der Waals surface area contributed by atoms with E-state index in [9.17, 15) is 14.7 Å². The smallest absolute Gasteiger partial charge is 0.254 e. The van der Waals surface area contributed by atoms with Crippen molar-refractivity contribution in [3.05, 3.63) is 76.4 Å². The molecule has 2 aromatic carbocycles. The number of carbonyl (C=O) groups excluding carboxylic acids is 2. The maximum absolute atomic E-state index is 13.3. The summed E-state index contributed by atoms with van der Waals surface area (Å²) in [7, 11) is 0. The summed E-state index contributed by atoms with van der Waals surface area (Å²) in [5.74, 6) is -0.0888. The van der Waals surface area contributed by atoms with E-state index in [-0.39, 0.29) is 24.4 Å². The summed E-state index contributed by atoms with van der Waals surface area (Å²) in [5, 5.41) is 17.2. The Hall–Kier alpha value is -3.53. The summed E-state index contributed by atoms with van der Waals surface area (Å²) >= 11 is 6.45. The van der Waals surface area contributed by atoms with Crippen LogP contribution in [-0.4, -0.2) is 63.7 Å². The maximum atomic E-state index is 13.3. The van der Waals surface area contributed by atoms with E-state index in [0.29, 0.717) is 54.0 Å². The van der Waals surface area contributed by atoms with Crippen molar-refractivity contribution in [1.29, 1.82) is 0 Å². The number of amides is 2. The Morgan fingerprint density at radius 1 is 1.21 bits per heavy atom. The number of nitrogens with zero attached hydrogens (tertiary/aromatic N) is 3. The van der Waals surface area contributed by atoms with Gasteiger partial charge in [-0.15, -0.1) is 0 Å². The molecular formula is C29H32ClN5O4. The number of aliphatic hydroxyl groups excluding tert-OH is 1. The molecule has 204 valence electrons. The van der Waals surface area contributed by atoms with Gasteiger partial charge in [-0.05, 0) is 36.5 Å². The quantitative estimate of drug-likeness (QED) is 0.370. The Labute approximate surface area is 232 Å². The zero-order chi connectivity index (χ0) is 27.4. The lowest BCUT2D eigenvalue weighted by atomic mass is 9.99. The van der Waals surface area contributed by atoms with E-state index in [4.69, 9.17) is 16.3 Å². The number of anilines is 1. The van der Waals surface area contributed by atoms with Gasteiger partial charge in [0.25, 0.3) is 5.91 Å². The number of carbonyl (C=O) groups is 2. The van der Waals surface area contributed by atoms with Crippen LogP contribution in [0.25, 0.3) is 11.3 Å². The fraction of sp³-hybridized carbons (Fsp3) is 0.379. The number of aromatic nitrogens is 2. The number of hydrogen-bond acceptors (Lipinski definition) is 7. The van der Waals surface area contributed by atoms with Gasteiger partial charge in [0.15, 0.2) is 0 Å². The van der Waals surface area contributed by atoms with Crippen LogP contribution in [0.2, 0.25) is 5.02 Å². The first kappa shape index (κ1) is 27.1. The Balaban J connectivity index is 1.28. The summed E-state index contributed by atoms with van der Waals surface area (Å²) in [6.45, 7) is 3.47. The largest absolute Gasteiger partial charge is 0.391 e. The Morgan fingerprint density at radius 2 is 1.97 bits per heavy atom. The van der Waals surface area contributed by atoms with E-state index in [0.717, 1.165) is 24.0 Å². The molecule has 2 aliphatic heterocycles. The summed E-state index contributed by atoms with van der Waals surface area (Å²) in [4.78, 5) is 36.7. The number of nitrogens with one attached hydrogen (secondary N) is 2. The van der Waals surface area contributed by atoms with E-state index in [2.05, 4.69) is 20.6 Å². The fourth-order valence-electron chi connectivity index (χ4n) is 4.99. The number of ether oxygens (including phenoxy) is 1. The van der Waals surface area contributed by atoms with E-state index < -0.39 is 12.1 Å².